The number of carbonyl (C=O) groups excluding carboxylic acids is 1. The molecule has 0 aliphatic carbocycles. The number of hydrogen-bond donors (Lipinski definition) is 2. The van der Waals surface area contributed by atoms with Crippen molar-refractivity contribution in [3.8, 4) is 0 Å². The van der Waals surface area contributed by atoms with Gasteiger partial charge in [0, 0.05) is 43.6 Å². The van der Waals surface area contributed by atoms with Crippen molar-refractivity contribution in [1.82, 2.24) is 15.5 Å². The predicted octanol–water partition coefficient (Wildman–Crippen LogP) is 2.88. The van der Waals surface area contributed by atoms with E-state index in [4.69, 9.17) is 0 Å². The van der Waals surface area contributed by atoms with E-state index in [2.05, 4.69) is 31.6 Å². The van der Waals surface area contributed by atoms with Crippen LogP contribution in [0.2, 0.25) is 0 Å². The van der Waals surface area contributed by atoms with Crippen molar-refractivity contribution >= 4 is 51.8 Å². The standard InChI is InChI=1S/C16H22BrFN4O.HI/c1-3-15(23)22-7-6-13(10-22)21-16(19-2)20-9-11-8-12(18)4-5-14(11)17;/h4-5,8,13H,3,6-7,9-10H2,1-2H3,(H2,19,20,21);1H. The molecule has 1 fully saturated rings. The molecule has 0 radical (unpaired) electrons. The number of halogens is 3. The van der Waals surface area contributed by atoms with Crippen LogP contribution in [0, 0.1) is 5.82 Å². The zero-order valence-corrected chi connectivity index (χ0v) is 17.7. The molecule has 0 bridgehead atoms. The lowest BCUT2D eigenvalue weighted by Gasteiger charge is -2.19. The molecule has 1 heterocycles. The Morgan fingerprint density at radius 1 is 1.50 bits per heavy atom. The number of nitrogens with one attached hydrogen (secondary N) is 2. The van der Waals surface area contributed by atoms with Crippen LogP contribution in [0.15, 0.2) is 27.7 Å². The highest BCUT2D eigenvalue weighted by Gasteiger charge is 2.25. The van der Waals surface area contributed by atoms with E-state index in [-0.39, 0.29) is 41.7 Å². The second kappa shape index (κ2) is 10.2. The Morgan fingerprint density at radius 3 is 2.92 bits per heavy atom. The lowest BCUT2D eigenvalue weighted by molar-refractivity contribution is -0.129. The van der Waals surface area contributed by atoms with Crippen molar-refractivity contribution in [2.24, 2.45) is 4.99 Å². The molecule has 134 valence electrons. The van der Waals surface area contributed by atoms with Crippen LogP contribution >= 0.6 is 39.9 Å². The minimum Gasteiger partial charge on any atom is -0.352 e. The Labute approximate surface area is 167 Å². The summed E-state index contributed by atoms with van der Waals surface area (Å²) < 4.78 is 14.2. The van der Waals surface area contributed by atoms with Crippen molar-refractivity contribution in [3.05, 3.63) is 34.1 Å². The number of nitrogens with zero attached hydrogens (tertiary/aromatic N) is 2. The maximum absolute atomic E-state index is 13.3. The molecule has 1 aliphatic rings. The van der Waals surface area contributed by atoms with Crippen molar-refractivity contribution in [2.45, 2.75) is 32.4 Å². The van der Waals surface area contributed by atoms with E-state index < -0.39 is 0 Å². The van der Waals surface area contributed by atoms with Crippen molar-refractivity contribution in [2.75, 3.05) is 20.1 Å². The molecule has 0 saturated carbocycles. The zero-order valence-electron chi connectivity index (χ0n) is 13.8. The molecule has 0 spiro atoms. The van der Waals surface area contributed by atoms with Gasteiger partial charge in [-0.25, -0.2) is 4.39 Å². The van der Waals surface area contributed by atoms with Gasteiger partial charge in [0.15, 0.2) is 5.96 Å². The Kier molecular flexibility index (Phi) is 8.96. The average Bonchev–Trinajstić information content (AvgIpc) is 3.02. The molecule has 2 rings (SSSR count). The van der Waals surface area contributed by atoms with Crippen LogP contribution in [0.5, 0.6) is 0 Å². The van der Waals surface area contributed by atoms with Crippen LogP contribution in [0.1, 0.15) is 25.3 Å². The highest BCUT2D eigenvalue weighted by molar-refractivity contribution is 14.0. The summed E-state index contributed by atoms with van der Waals surface area (Å²) >= 11 is 3.41. The Balaban J connectivity index is 0.00000288. The fourth-order valence-corrected chi connectivity index (χ4v) is 2.96. The number of carbonyl (C=O) groups is 1. The zero-order chi connectivity index (χ0) is 16.8. The summed E-state index contributed by atoms with van der Waals surface area (Å²) in [7, 11) is 1.69. The molecule has 1 aromatic rings. The van der Waals surface area contributed by atoms with Crippen LogP contribution in [-0.2, 0) is 11.3 Å². The molecule has 1 aliphatic heterocycles. The van der Waals surface area contributed by atoms with E-state index in [0.29, 0.717) is 25.5 Å². The van der Waals surface area contributed by atoms with Crippen molar-refractivity contribution < 1.29 is 9.18 Å². The van der Waals surface area contributed by atoms with Gasteiger partial charge >= 0.3 is 0 Å². The number of aliphatic imine (C=N–C) groups is 1. The van der Waals surface area contributed by atoms with Crippen LogP contribution in [0.25, 0.3) is 0 Å². The summed E-state index contributed by atoms with van der Waals surface area (Å²) in [6, 6.07) is 4.78. The summed E-state index contributed by atoms with van der Waals surface area (Å²) in [5, 5.41) is 6.49. The van der Waals surface area contributed by atoms with Gasteiger partial charge in [-0.2, -0.15) is 0 Å². The van der Waals surface area contributed by atoms with Crippen LogP contribution in [0.3, 0.4) is 0 Å². The summed E-state index contributed by atoms with van der Waals surface area (Å²) in [6.45, 7) is 3.80. The molecular weight excluding hydrogens is 490 g/mol. The molecule has 1 amide bonds. The van der Waals surface area contributed by atoms with Crippen molar-refractivity contribution in [1.29, 1.82) is 0 Å². The molecule has 2 N–H and O–H groups in total. The van der Waals surface area contributed by atoms with Crippen LogP contribution < -0.4 is 10.6 Å². The third-order valence-electron chi connectivity index (χ3n) is 3.86. The normalized spacial score (nSPS) is 17.4. The van der Waals surface area contributed by atoms with Gasteiger partial charge in [-0.1, -0.05) is 22.9 Å². The highest BCUT2D eigenvalue weighted by atomic mass is 127. The Hall–Kier alpha value is -0.900. The van der Waals surface area contributed by atoms with E-state index in [0.717, 1.165) is 23.0 Å². The lowest BCUT2D eigenvalue weighted by atomic mass is 10.2. The number of hydrogen-bond acceptors (Lipinski definition) is 2. The summed E-state index contributed by atoms with van der Waals surface area (Å²) in [5.74, 6) is 0.565. The minimum absolute atomic E-state index is 0. The smallest absolute Gasteiger partial charge is 0.222 e. The quantitative estimate of drug-likeness (QED) is 0.370. The molecule has 1 unspecified atom stereocenters. The summed E-state index contributed by atoms with van der Waals surface area (Å²) in [4.78, 5) is 17.8. The van der Waals surface area contributed by atoms with Crippen LogP contribution in [-0.4, -0.2) is 42.9 Å². The number of amides is 1. The maximum Gasteiger partial charge on any atom is 0.222 e. The lowest BCUT2D eigenvalue weighted by Crippen LogP contribution is -2.44. The Morgan fingerprint density at radius 2 is 2.25 bits per heavy atom. The number of guanidine groups is 1. The molecule has 24 heavy (non-hydrogen) atoms. The van der Waals surface area contributed by atoms with E-state index in [1.165, 1.54) is 12.1 Å². The molecular formula is C16H23BrFIN4O. The second-order valence-electron chi connectivity index (χ2n) is 5.48. The predicted molar refractivity (Wildman–Crippen MR) is 108 cm³/mol. The van der Waals surface area contributed by atoms with E-state index in [1.54, 1.807) is 13.1 Å². The SMILES string of the molecule is CCC(=O)N1CCC(NC(=NC)NCc2cc(F)ccc2Br)C1.I. The molecule has 5 nitrogen and oxygen atoms in total. The third kappa shape index (κ3) is 5.87. The molecule has 1 atom stereocenters. The largest absolute Gasteiger partial charge is 0.352 e. The molecule has 0 aromatic heterocycles. The average molecular weight is 513 g/mol. The molecule has 1 aromatic carbocycles. The van der Waals surface area contributed by atoms with Gasteiger partial charge < -0.3 is 15.5 Å². The second-order valence-corrected chi connectivity index (χ2v) is 6.34. The first-order valence-electron chi connectivity index (χ1n) is 7.72. The van der Waals surface area contributed by atoms with Gasteiger partial charge in [0.25, 0.3) is 0 Å². The van der Waals surface area contributed by atoms with Gasteiger partial charge in [0.05, 0.1) is 0 Å². The van der Waals surface area contributed by atoms with Crippen molar-refractivity contribution in [3.63, 3.8) is 0 Å². The van der Waals surface area contributed by atoms with E-state index in [1.807, 2.05) is 11.8 Å². The number of benzene rings is 1. The first kappa shape index (κ1) is 21.1. The summed E-state index contributed by atoms with van der Waals surface area (Å²) in [6.07, 6.45) is 1.43. The van der Waals surface area contributed by atoms with Gasteiger partial charge in [-0.15, -0.1) is 24.0 Å². The Bertz CT molecular complexity index is 599. The van der Waals surface area contributed by atoms with E-state index >= 15 is 0 Å². The topological polar surface area (TPSA) is 56.7 Å². The fraction of sp³-hybridized carbons (Fsp3) is 0.500. The monoisotopic (exact) mass is 512 g/mol. The first-order valence-corrected chi connectivity index (χ1v) is 8.51. The number of rotatable bonds is 4. The highest BCUT2D eigenvalue weighted by Crippen LogP contribution is 2.17. The van der Waals surface area contributed by atoms with Gasteiger partial charge in [0.2, 0.25) is 5.91 Å². The maximum atomic E-state index is 13.3. The number of likely N-dealkylation sites (tertiary alicyclic amines) is 1. The molecule has 8 heteroatoms. The van der Waals surface area contributed by atoms with E-state index in [9.17, 15) is 9.18 Å². The third-order valence-corrected chi connectivity index (χ3v) is 4.64. The van der Waals surface area contributed by atoms with Gasteiger partial charge in [0.1, 0.15) is 5.82 Å². The fourth-order valence-electron chi connectivity index (χ4n) is 2.57. The van der Waals surface area contributed by atoms with Crippen LogP contribution in [0.4, 0.5) is 4.39 Å². The molecule has 1 saturated heterocycles. The summed E-state index contributed by atoms with van der Waals surface area (Å²) in [5.41, 5.74) is 0.821. The van der Waals surface area contributed by atoms with Gasteiger partial charge in [-0.05, 0) is 30.2 Å². The first-order chi connectivity index (χ1) is 11.0. The minimum atomic E-state index is -0.266. The van der Waals surface area contributed by atoms with Gasteiger partial charge in [-0.3, -0.25) is 9.79 Å².